The van der Waals surface area contributed by atoms with Crippen LogP contribution in [0.3, 0.4) is 0 Å². The van der Waals surface area contributed by atoms with Crippen molar-refractivity contribution in [3.8, 4) is 0 Å². The van der Waals surface area contributed by atoms with E-state index >= 15 is 0 Å². The zero-order chi connectivity index (χ0) is 8.43. The summed E-state index contributed by atoms with van der Waals surface area (Å²) in [5, 5.41) is 0.866. The predicted octanol–water partition coefficient (Wildman–Crippen LogP) is 0.333. The predicted molar refractivity (Wildman–Crippen MR) is 37.3 cm³/mol. The minimum atomic E-state index is -0.232. The Labute approximate surface area is 65.1 Å². The number of hydroxylamine groups is 2. The third kappa shape index (κ3) is 1.40. The molecule has 0 saturated carbocycles. The maximum absolute atomic E-state index is 11.1. The molecule has 1 saturated heterocycles. The summed E-state index contributed by atoms with van der Waals surface area (Å²) in [4.78, 5) is 26.9. The lowest BCUT2D eigenvalue weighted by Gasteiger charge is -2.11. The number of carbonyl (C=O) groups is 2. The van der Waals surface area contributed by atoms with Crippen LogP contribution in [0.5, 0.6) is 0 Å². The van der Waals surface area contributed by atoms with Gasteiger partial charge in [0.2, 0.25) is 0 Å². The SMILES string of the molecule is CCON1C(=O)C[C@H](C)C1=O. The third-order valence-corrected chi connectivity index (χ3v) is 1.59. The molecule has 0 N–H and O–H groups in total. The second-order valence-corrected chi connectivity index (χ2v) is 2.55. The molecular weight excluding hydrogens is 146 g/mol. The highest BCUT2D eigenvalue weighted by Crippen LogP contribution is 2.18. The van der Waals surface area contributed by atoms with E-state index in [9.17, 15) is 9.59 Å². The van der Waals surface area contributed by atoms with Gasteiger partial charge in [0.15, 0.2) is 0 Å². The number of carbonyl (C=O) groups excluding carboxylic acids is 2. The van der Waals surface area contributed by atoms with Gasteiger partial charge in [-0.15, -0.1) is 0 Å². The van der Waals surface area contributed by atoms with Gasteiger partial charge in [-0.1, -0.05) is 6.92 Å². The summed E-state index contributed by atoms with van der Waals surface area (Å²) in [6.45, 7) is 3.81. The van der Waals surface area contributed by atoms with Crippen LogP contribution in [0.2, 0.25) is 0 Å². The Morgan fingerprint density at radius 2 is 2.27 bits per heavy atom. The van der Waals surface area contributed by atoms with Gasteiger partial charge in [-0.05, 0) is 6.92 Å². The molecule has 11 heavy (non-hydrogen) atoms. The van der Waals surface area contributed by atoms with Gasteiger partial charge in [0.05, 0.1) is 6.61 Å². The van der Waals surface area contributed by atoms with Crippen LogP contribution in [0.15, 0.2) is 0 Å². The van der Waals surface area contributed by atoms with Gasteiger partial charge in [-0.3, -0.25) is 14.4 Å². The Hall–Kier alpha value is -0.900. The topological polar surface area (TPSA) is 46.6 Å². The second-order valence-electron chi connectivity index (χ2n) is 2.55. The van der Waals surface area contributed by atoms with Crippen molar-refractivity contribution in [2.45, 2.75) is 20.3 Å². The van der Waals surface area contributed by atoms with Crippen LogP contribution in [0.25, 0.3) is 0 Å². The van der Waals surface area contributed by atoms with Gasteiger partial charge in [0.1, 0.15) is 0 Å². The van der Waals surface area contributed by atoms with Crippen molar-refractivity contribution in [2.24, 2.45) is 5.92 Å². The summed E-state index contributed by atoms with van der Waals surface area (Å²) in [6.07, 6.45) is 0.277. The van der Waals surface area contributed by atoms with Crippen LogP contribution in [-0.4, -0.2) is 23.5 Å². The van der Waals surface area contributed by atoms with Crippen LogP contribution < -0.4 is 0 Å². The molecule has 1 aliphatic heterocycles. The van der Waals surface area contributed by atoms with Crippen molar-refractivity contribution in [1.29, 1.82) is 0 Å². The highest BCUT2D eigenvalue weighted by atomic mass is 16.7. The molecule has 0 aromatic rings. The van der Waals surface area contributed by atoms with Crippen molar-refractivity contribution in [3.05, 3.63) is 0 Å². The maximum Gasteiger partial charge on any atom is 0.256 e. The molecule has 4 heteroatoms. The third-order valence-electron chi connectivity index (χ3n) is 1.59. The quantitative estimate of drug-likeness (QED) is 0.543. The first-order chi connectivity index (χ1) is 5.16. The van der Waals surface area contributed by atoms with Gasteiger partial charge in [-0.25, -0.2) is 0 Å². The van der Waals surface area contributed by atoms with Crippen molar-refractivity contribution in [3.63, 3.8) is 0 Å². The Balaban J connectivity index is 2.64. The molecule has 0 bridgehead atoms. The van der Waals surface area contributed by atoms with E-state index < -0.39 is 0 Å². The molecule has 1 fully saturated rings. The number of amides is 2. The highest BCUT2D eigenvalue weighted by Gasteiger charge is 2.36. The standard InChI is InChI=1S/C7H11NO3/c1-3-11-8-6(9)4-5(2)7(8)10/h5H,3-4H2,1-2H3/t5-/m0/s1. The van der Waals surface area contributed by atoms with Crippen LogP contribution in [0.4, 0.5) is 0 Å². The van der Waals surface area contributed by atoms with E-state index in [1.807, 2.05) is 0 Å². The van der Waals surface area contributed by atoms with E-state index in [-0.39, 0.29) is 24.2 Å². The first-order valence-corrected chi connectivity index (χ1v) is 3.66. The van der Waals surface area contributed by atoms with E-state index in [4.69, 9.17) is 4.84 Å². The molecule has 4 nitrogen and oxygen atoms in total. The van der Waals surface area contributed by atoms with Crippen molar-refractivity contribution >= 4 is 11.8 Å². The first kappa shape index (κ1) is 8.20. The molecule has 1 atom stereocenters. The number of imide groups is 1. The molecule has 2 amide bonds. The smallest absolute Gasteiger partial charge is 0.256 e. The lowest BCUT2D eigenvalue weighted by Crippen LogP contribution is -2.30. The lowest BCUT2D eigenvalue weighted by atomic mass is 10.1. The Kier molecular flexibility index (Phi) is 2.24. The molecule has 1 rings (SSSR count). The summed E-state index contributed by atoms with van der Waals surface area (Å²) in [5.41, 5.74) is 0. The molecular formula is C7H11NO3. The van der Waals surface area contributed by atoms with Crippen LogP contribution in [0.1, 0.15) is 20.3 Å². The lowest BCUT2D eigenvalue weighted by molar-refractivity contribution is -0.187. The second kappa shape index (κ2) is 3.00. The normalized spacial score (nSPS) is 24.9. The molecule has 0 spiro atoms. The van der Waals surface area contributed by atoms with Gasteiger partial charge in [0.25, 0.3) is 11.8 Å². The number of rotatable bonds is 2. The number of hydrogen-bond acceptors (Lipinski definition) is 3. The monoisotopic (exact) mass is 157 g/mol. The zero-order valence-electron chi connectivity index (χ0n) is 6.66. The summed E-state index contributed by atoms with van der Waals surface area (Å²) in [5.74, 6) is -0.671. The largest absolute Gasteiger partial charge is 0.272 e. The van der Waals surface area contributed by atoms with E-state index in [0.717, 1.165) is 5.06 Å². The fourth-order valence-electron chi connectivity index (χ4n) is 1.02. The molecule has 0 aliphatic carbocycles. The molecule has 0 unspecified atom stereocenters. The fraction of sp³-hybridized carbons (Fsp3) is 0.714. The van der Waals surface area contributed by atoms with Gasteiger partial charge >= 0.3 is 0 Å². The van der Waals surface area contributed by atoms with E-state index in [2.05, 4.69) is 0 Å². The highest BCUT2D eigenvalue weighted by molar-refractivity contribution is 6.02. The minimum absolute atomic E-state index is 0.214. The van der Waals surface area contributed by atoms with E-state index in [1.54, 1.807) is 13.8 Å². The molecule has 1 aliphatic rings. The summed E-state index contributed by atoms with van der Waals surface area (Å²) < 4.78 is 0. The first-order valence-electron chi connectivity index (χ1n) is 3.66. The van der Waals surface area contributed by atoms with Crippen LogP contribution in [-0.2, 0) is 14.4 Å². The summed E-state index contributed by atoms with van der Waals surface area (Å²) >= 11 is 0. The fourth-order valence-corrected chi connectivity index (χ4v) is 1.02. The van der Waals surface area contributed by atoms with Crippen molar-refractivity contribution < 1.29 is 14.4 Å². The summed E-state index contributed by atoms with van der Waals surface area (Å²) in [6, 6.07) is 0. The van der Waals surface area contributed by atoms with Gasteiger partial charge in [-0.2, -0.15) is 5.06 Å². The molecule has 1 heterocycles. The average molecular weight is 157 g/mol. The van der Waals surface area contributed by atoms with E-state index in [0.29, 0.717) is 6.61 Å². The molecule has 0 aromatic heterocycles. The molecule has 62 valence electrons. The van der Waals surface area contributed by atoms with E-state index in [1.165, 1.54) is 0 Å². The Morgan fingerprint density at radius 1 is 1.64 bits per heavy atom. The van der Waals surface area contributed by atoms with Crippen LogP contribution in [0, 0.1) is 5.92 Å². The van der Waals surface area contributed by atoms with Crippen molar-refractivity contribution in [2.75, 3.05) is 6.61 Å². The average Bonchev–Trinajstić information content (AvgIpc) is 2.17. The number of nitrogens with zero attached hydrogens (tertiary/aromatic N) is 1. The van der Waals surface area contributed by atoms with Gasteiger partial charge in [0, 0.05) is 12.3 Å². The zero-order valence-corrected chi connectivity index (χ0v) is 6.66. The van der Waals surface area contributed by atoms with Crippen LogP contribution >= 0.6 is 0 Å². The molecule has 0 aromatic carbocycles. The Bertz CT molecular complexity index is 190. The van der Waals surface area contributed by atoms with Crippen molar-refractivity contribution in [1.82, 2.24) is 5.06 Å². The molecule has 0 radical (unpaired) electrons. The van der Waals surface area contributed by atoms with Gasteiger partial charge < -0.3 is 0 Å². The summed E-state index contributed by atoms with van der Waals surface area (Å²) in [7, 11) is 0. The minimum Gasteiger partial charge on any atom is -0.272 e. The number of hydrogen-bond donors (Lipinski definition) is 0. The Morgan fingerprint density at radius 3 is 2.64 bits per heavy atom. The maximum atomic E-state index is 11.1.